The van der Waals surface area contributed by atoms with Crippen LogP contribution in [0.15, 0.2) is 28.6 Å². The monoisotopic (exact) mass is 482 g/mol. The number of aromatic nitrogens is 1. The van der Waals surface area contributed by atoms with Crippen molar-refractivity contribution in [2.24, 2.45) is 4.99 Å². The molecule has 0 unspecified atom stereocenters. The Hall–Kier alpha value is -1.49. The molecule has 0 spiro atoms. The Balaban J connectivity index is 0.00000312. The molecule has 2 rings (SSSR count). The summed E-state index contributed by atoms with van der Waals surface area (Å²) < 4.78 is 31.2. The van der Waals surface area contributed by atoms with Crippen molar-refractivity contribution in [3.63, 3.8) is 0 Å². The molecule has 0 bridgehead atoms. The lowest BCUT2D eigenvalue weighted by Crippen LogP contribution is -2.40. The van der Waals surface area contributed by atoms with Crippen molar-refractivity contribution in [3.8, 4) is 5.75 Å². The summed E-state index contributed by atoms with van der Waals surface area (Å²) in [5, 5.41) is 9.37. The van der Waals surface area contributed by atoms with Gasteiger partial charge >= 0.3 is 0 Å². The maximum absolute atomic E-state index is 13.0. The first-order chi connectivity index (χ1) is 11.6. The number of hydrogen-bond acceptors (Lipinski definition) is 4. The van der Waals surface area contributed by atoms with E-state index in [0.717, 1.165) is 29.3 Å². The van der Waals surface area contributed by atoms with E-state index in [1.54, 1.807) is 18.4 Å². The van der Waals surface area contributed by atoms with Crippen molar-refractivity contribution in [1.82, 2.24) is 15.6 Å². The van der Waals surface area contributed by atoms with E-state index in [4.69, 9.17) is 4.74 Å². The van der Waals surface area contributed by atoms with E-state index in [0.29, 0.717) is 25.7 Å². The van der Waals surface area contributed by atoms with Crippen LogP contribution in [-0.2, 0) is 6.42 Å². The van der Waals surface area contributed by atoms with Gasteiger partial charge in [0, 0.05) is 31.5 Å². The first-order valence-corrected chi connectivity index (χ1v) is 8.40. The molecule has 25 heavy (non-hydrogen) atoms. The molecule has 1 aromatic heterocycles. The van der Waals surface area contributed by atoms with Crippen LogP contribution in [0.5, 0.6) is 5.75 Å². The molecule has 0 atom stereocenters. The van der Waals surface area contributed by atoms with Crippen molar-refractivity contribution < 1.29 is 13.5 Å². The minimum absolute atomic E-state index is 0. The highest BCUT2D eigenvalue weighted by Crippen LogP contribution is 2.14. The second-order valence-electron chi connectivity index (χ2n) is 4.96. The summed E-state index contributed by atoms with van der Waals surface area (Å²) in [4.78, 5) is 8.50. The number of aryl methyl sites for hydroxylation is 1. The van der Waals surface area contributed by atoms with E-state index in [1.807, 2.05) is 12.3 Å². The van der Waals surface area contributed by atoms with Crippen LogP contribution in [0.2, 0.25) is 0 Å². The lowest BCUT2D eigenvalue weighted by Gasteiger charge is -2.12. The molecule has 0 aliphatic heterocycles. The van der Waals surface area contributed by atoms with Crippen LogP contribution in [0.3, 0.4) is 0 Å². The molecule has 0 aliphatic carbocycles. The quantitative estimate of drug-likeness (QED) is 0.276. The van der Waals surface area contributed by atoms with Gasteiger partial charge in [0.25, 0.3) is 0 Å². The van der Waals surface area contributed by atoms with Crippen LogP contribution in [0.25, 0.3) is 0 Å². The normalized spacial score (nSPS) is 11.0. The number of benzene rings is 1. The molecule has 1 aromatic carbocycles. The van der Waals surface area contributed by atoms with Crippen LogP contribution < -0.4 is 15.4 Å². The minimum Gasteiger partial charge on any atom is -0.492 e. The van der Waals surface area contributed by atoms with Gasteiger partial charge in [-0.2, -0.15) is 0 Å². The van der Waals surface area contributed by atoms with Gasteiger partial charge in [0.1, 0.15) is 12.4 Å². The predicted octanol–water partition coefficient (Wildman–Crippen LogP) is 3.13. The van der Waals surface area contributed by atoms with Gasteiger partial charge in [-0.3, -0.25) is 4.99 Å². The van der Waals surface area contributed by atoms with Gasteiger partial charge in [-0.25, -0.2) is 13.8 Å². The number of aliphatic imine (C=N–C) groups is 1. The number of thiazole rings is 1. The van der Waals surface area contributed by atoms with Crippen molar-refractivity contribution >= 4 is 41.3 Å². The molecule has 0 amide bonds. The average molecular weight is 482 g/mol. The van der Waals surface area contributed by atoms with Gasteiger partial charge in [0.2, 0.25) is 0 Å². The van der Waals surface area contributed by atoms with E-state index >= 15 is 0 Å². The zero-order chi connectivity index (χ0) is 17.4. The minimum atomic E-state index is -0.921. The summed E-state index contributed by atoms with van der Waals surface area (Å²) in [5.41, 5.74) is 1.06. The zero-order valence-electron chi connectivity index (χ0n) is 14.0. The highest BCUT2D eigenvalue weighted by atomic mass is 127. The molecule has 0 radical (unpaired) electrons. The lowest BCUT2D eigenvalue weighted by atomic mass is 10.3. The standard InChI is InChI=1S/C16H20F2N4OS.HI/c1-11-22-12(10-24-11)5-6-20-16(19-2)21-7-8-23-13-3-4-14(17)15(18)9-13;/h3-4,9-10H,5-8H2,1-2H3,(H2,19,20,21);1H. The summed E-state index contributed by atoms with van der Waals surface area (Å²) >= 11 is 1.63. The van der Waals surface area contributed by atoms with Crippen molar-refractivity contribution in [1.29, 1.82) is 0 Å². The smallest absolute Gasteiger partial charge is 0.191 e. The summed E-state index contributed by atoms with van der Waals surface area (Å²) in [5.74, 6) is -0.871. The summed E-state index contributed by atoms with van der Waals surface area (Å²) in [6.45, 7) is 3.48. The Kier molecular flexibility index (Phi) is 9.65. The van der Waals surface area contributed by atoms with E-state index in [2.05, 4.69) is 20.6 Å². The van der Waals surface area contributed by atoms with Gasteiger partial charge in [0.15, 0.2) is 17.6 Å². The van der Waals surface area contributed by atoms with E-state index in [1.165, 1.54) is 6.07 Å². The highest BCUT2D eigenvalue weighted by Gasteiger charge is 2.04. The number of hydrogen-bond donors (Lipinski definition) is 2. The van der Waals surface area contributed by atoms with Crippen molar-refractivity contribution in [3.05, 3.63) is 45.9 Å². The molecule has 0 saturated carbocycles. The van der Waals surface area contributed by atoms with Crippen LogP contribution in [0, 0.1) is 18.6 Å². The van der Waals surface area contributed by atoms with Gasteiger partial charge in [-0.05, 0) is 19.1 Å². The highest BCUT2D eigenvalue weighted by molar-refractivity contribution is 14.0. The van der Waals surface area contributed by atoms with Crippen molar-refractivity contribution in [2.75, 3.05) is 26.7 Å². The molecule has 2 N–H and O–H groups in total. The van der Waals surface area contributed by atoms with Crippen LogP contribution in [0.1, 0.15) is 10.7 Å². The Morgan fingerprint density at radius 1 is 1.24 bits per heavy atom. The van der Waals surface area contributed by atoms with E-state index in [9.17, 15) is 8.78 Å². The second kappa shape index (κ2) is 11.2. The maximum atomic E-state index is 13.0. The molecule has 138 valence electrons. The number of nitrogens with zero attached hydrogens (tertiary/aromatic N) is 2. The number of halogens is 3. The topological polar surface area (TPSA) is 58.5 Å². The van der Waals surface area contributed by atoms with Gasteiger partial charge in [-0.15, -0.1) is 35.3 Å². The molecule has 5 nitrogen and oxygen atoms in total. The Bertz CT molecular complexity index is 697. The molecule has 0 saturated heterocycles. The van der Waals surface area contributed by atoms with Gasteiger partial charge in [0.05, 0.1) is 17.2 Å². The third-order valence-electron chi connectivity index (χ3n) is 3.12. The van der Waals surface area contributed by atoms with Crippen LogP contribution >= 0.6 is 35.3 Å². The van der Waals surface area contributed by atoms with Gasteiger partial charge < -0.3 is 15.4 Å². The fourth-order valence-corrected chi connectivity index (χ4v) is 2.60. The molecule has 0 aliphatic rings. The lowest BCUT2D eigenvalue weighted by molar-refractivity contribution is 0.318. The largest absolute Gasteiger partial charge is 0.492 e. The van der Waals surface area contributed by atoms with Gasteiger partial charge in [-0.1, -0.05) is 0 Å². The zero-order valence-corrected chi connectivity index (χ0v) is 17.2. The average Bonchev–Trinajstić information content (AvgIpc) is 2.98. The third kappa shape index (κ3) is 7.51. The fourth-order valence-electron chi connectivity index (χ4n) is 1.96. The molecule has 1 heterocycles. The second-order valence-corrected chi connectivity index (χ2v) is 6.02. The molecule has 0 fully saturated rings. The molecular formula is C16H21F2IN4OS. The summed E-state index contributed by atoms with van der Waals surface area (Å²) in [6.07, 6.45) is 0.816. The third-order valence-corrected chi connectivity index (χ3v) is 3.94. The maximum Gasteiger partial charge on any atom is 0.191 e. The predicted molar refractivity (Wildman–Crippen MR) is 107 cm³/mol. The fraction of sp³-hybridized carbons (Fsp3) is 0.375. The summed E-state index contributed by atoms with van der Waals surface area (Å²) in [7, 11) is 1.68. The molecule has 9 heteroatoms. The first-order valence-electron chi connectivity index (χ1n) is 7.52. The van der Waals surface area contributed by atoms with E-state index < -0.39 is 11.6 Å². The van der Waals surface area contributed by atoms with Crippen LogP contribution in [-0.4, -0.2) is 37.7 Å². The number of ether oxygens (including phenoxy) is 1. The number of rotatable bonds is 7. The number of guanidine groups is 1. The number of nitrogens with one attached hydrogen (secondary N) is 2. The Labute approximate surface area is 166 Å². The van der Waals surface area contributed by atoms with Crippen molar-refractivity contribution in [2.45, 2.75) is 13.3 Å². The van der Waals surface area contributed by atoms with E-state index in [-0.39, 0.29) is 29.7 Å². The van der Waals surface area contributed by atoms with Crippen LogP contribution in [0.4, 0.5) is 8.78 Å². The SMILES string of the molecule is CN=C(NCCOc1ccc(F)c(F)c1)NCCc1csc(C)n1.I. The Morgan fingerprint density at radius 2 is 2.00 bits per heavy atom. The summed E-state index contributed by atoms with van der Waals surface area (Å²) in [6, 6.07) is 3.46. The Morgan fingerprint density at radius 3 is 2.64 bits per heavy atom. The molecular weight excluding hydrogens is 461 g/mol. The first kappa shape index (κ1) is 21.6. The molecule has 2 aromatic rings.